The Bertz CT molecular complexity index is 1460. The van der Waals surface area contributed by atoms with Crippen LogP contribution in [0.1, 0.15) is 15.9 Å². The summed E-state index contributed by atoms with van der Waals surface area (Å²) in [5, 5.41) is 12.6. The highest BCUT2D eigenvalue weighted by Gasteiger charge is 2.12. The van der Waals surface area contributed by atoms with Crippen molar-refractivity contribution in [3.05, 3.63) is 107 Å². The molecule has 0 aliphatic heterocycles. The molecule has 2 N–H and O–H groups in total. The van der Waals surface area contributed by atoms with Gasteiger partial charge in [-0.3, -0.25) is 4.79 Å². The van der Waals surface area contributed by atoms with Gasteiger partial charge in [0.2, 0.25) is 5.89 Å². The van der Waals surface area contributed by atoms with Crippen LogP contribution < -0.4 is 10.1 Å². The highest BCUT2D eigenvalue weighted by molar-refractivity contribution is 9.10. The number of phenols is 1. The third kappa shape index (κ3) is 4.79. The molecule has 0 aliphatic carbocycles. The Labute approximate surface area is 204 Å². The fraction of sp³-hybridized carbons (Fsp3) is 0.0370. The van der Waals surface area contributed by atoms with Crippen molar-refractivity contribution < 1.29 is 19.1 Å². The van der Waals surface area contributed by atoms with Crippen LogP contribution in [0.3, 0.4) is 0 Å². The summed E-state index contributed by atoms with van der Waals surface area (Å²) in [5.74, 6) is 1.14. The number of anilines is 1. The van der Waals surface area contributed by atoms with Gasteiger partial charge >= 0.3 is 0 Å². The minimum atomic E-state index is -0.221. The normalized spacial score (nSPS) is 10.9. The fourth-order valence-electron chi connectivity index (χ4n) is 3.41. The number of amides is 1. The number of carbonyl (C=O) groups is 1. The number of fused-ring (bicyclic) bond motifs is 1. The van der Waals surface area contributed by atoms with Gasteiger partial charge in [-0.15, -0.1) is 0 Å². The van der Waals surface area contributed by atoms with E-state index in [2.05, 4.69) is 26.2 Å². The predicted octanol–water partition coefficient (Wildman–Crippen LogP) is 6.79. The SMILES string of the molecule is O=C(Nc1ccc2oc(-c3ccc(O)c(Br)c3)nc2c1)c1ccc(COc2ccccc2)cc1. The maximum Gasteiger partial charge on any atom is 0.255 e. The Balaban J connectivity index is 1.27. The van der Waals surface area contributed by atoms with E-state index in [1.807, 2.05) is 42.5 Å². The summed E-state index contributed by atoms with van der Waals surface area (Å²) in [6.45, 7) is 0.425. The third-order valence-corrected chi connectivity index (χ3v) is 5.84. The lowest BCUT2D eigenvalue weighted by molar-refractivity contribution is 0.102. The number of hydrogen-bond acceptors (Lipinski definition) is 5. The number of phenolic OH excluding ortho intramolecular Hbond substituents is 1. The summed E-state index contributed by atoms with van der Waals surface area (Å²) in [4.78, 5) is 17.2. The molecule has 6 nitrogen and oxygen atoms in total. The van der Waals surface area contributed by atoms with Gasteiger partial charge in [-0.2, -0.15) is 0 Å². The number of aromatic nitrogens is 1. The lowest BCUT2D eigenvalue weighted by Crippen LogP contribution is -2.11. The van der Waals surface area contributed by atoms with Crippen molar-refractivity contribution in [3.8, 4) is 23.0 Å². The second-order valence-corrected chi connectivity index (χ2v) is 8.47. The smallest absolute Gasteiger partial charge is 0.255 e. The van der Waals surface area contributed by atoms with Crippen molar-refractivity contribution >= 4 is 38.6 Å². The minimum absolute atomic E-state index is 0.140. The van der Waals surface area contributed by atoms with E-state index < -0.39 is 0 Å². The zero-order valence-corrected chi connectivity index (χ0v) is 19.5. The van der Waals surface area contributed by atoms with E-state index in [-0.39, 0.29) is 11.7 Å². The average Bonchev–Trinajstić information content (AvgIpc) is 3.29. The lowest BCUT2D eigenvalue weighted by Gasteiger charge is -2.08. The van der Waals surface area contributed by atoms with E-state index >= 15 is 0 Å². The van der Waals surface area contributed by atoms with Gasteiger partial charge < -0.3 is 19.6 Å². The maximum absolute atomic E-state index is 12.7. The largest absolute Gasteiger partial charge is 0.507 e. The van der Waals surface area contributed by atoms with Crippen LogP contribution in [-0.4, -0.2) is 16.0 Å². The van der Waals surface area contributed by atoms with Crippen molar-refractivity contribution in [2.45, 2.75) is 6.61 Å². The number of nitrogens with zero attached hydrogens (tertiary/aromatic N) is 1. The first-order valence-electron chi connectivity index (χ1n) is 10.5. The van der Waals surface area contributed by atoms with Crippen molar-refractivity contribution in [2.24, 2.45) is 0 Å². The number of rotatable bonds is 6. The second kappa shape index (κ2) is 9.41. The molecule has 168 valence electrons. The average molecular weight is 515 g/mol. The summed E-state index contributed by atoms with van der Waals surface area (Å²) in [5.41, 5.74) is 4.06. The zero-order chi connectivity index (χ0) is 23.5. The van der Waals surface area contributed by atoms with Crippen LogP contribution in [-0.2, 0) is 6.61 Å². The van der Waals surface area contributed by atoms with E-state index in [0.717, 1.165) is 16.9 Å². The molecule has 0 bridgehead atoms. The topological polar surface area (TPSA) is 84.6 Å². The van der Waals surface area contributed by atoms with Gasteiger partial charge in [-0.25, -0.2) is 4.98 Å². The zero-order valence-electron chi connectivity index (χ0n) is 17.9. The number of carbonyl (C=O) groups excluding carboxylic acids is 1. The van der Waals surface area contributed by atoms with Gasteiger partial charge in [0, 0.05) is 16.8 Å². The van der Waals surface area contributed by atoms with E-state index in [9.17, 15) is 9.90 Å². The highest BCUT2D eigenvalue weighted by atomic mass is 79.9. The van der Waals surface area contributed by atoms with Crippen LogP contribution in [0.2, 0.25) is 0 Å². The van der Waals surface area contributed by atoms with Crippen LogP contribution in [0.5, 0.6) is 11.5 Å². The summed E-state index contributed by atoms with van der Waals surface area (Å²) in [6.07, 6.45) is 0. The molecular weight excluding hydrogens is 496 g/mol. The molecule has 1 heterocycles. The first-order valence-corrected chi connectivity index (χ1v) is 11.3. The Morgan fingerprint density at radius 2 is 1.76 bits per heavy atom. The second-order valence-electron chi connectivity index (χ2n) is 7.62. The molecule has 0 unspecified atom stereocenters. The number of aromatic hydroxyl groups is 1. The molecule has 0 saturated carbocycles. The van der Waals surface area contributed by atoms with Crippen molar-refractivity contribution in [1.82, 2.24) is 4.98 Å². The maximum atomic E-state index is 12.7. The molecule has 34 heavy (non-hydrogen) atoms. The first kappa shape index (κ1) is 21.7. The van der Waals surface area contributed by atoms with E-state index in [1.165, 1.54) is 0 Å². The molecule has 7 heteroatoms. The molecule has 5 aromatic rings. The highest BCUT2D eigenvalue weighted by Crippen LogP contribution is 2.31. The van der Waals surface area contributed by atoms with Crippen molar-refractivity contribution in [3.63, 3.8) is 0 Å². The molecule has 0 fully saturated rings. The van der Waals surface area contributed by atoms with Crippen LogP contribution in [0.4, 0.5) is 5.69 Å². The molecule has 1 aromatic heterocycles. The van der Waals surface area contributed by atoms with E-state index in [0.29, 0.717) is 39.3 Å². The van der Waals surface area contributed by atoms with Crippen molar-refractivity contribution in [2.75, 3.05) is 5.32 Å². The molecule has 1 amide bonds. The van der Waals surface area contributed by atoms with Gasteiger partial charge in [-0.1, -0.05) is 30.3 Å². The molecule has 0 aliphatic rings. The van der Waals surface area contributed by atoms with Crippen LogP contribution in [0, 0.1) is 0 Å². The fourth-order valence-corrected chi connectivity index (χ4v) is 3.79. The molecular formula is C27H19BrN2O4. The van der Waals surface area contributed by atoms with Crippen molar-refractivity contribution in [1.29, 1.82) is 0 Å². The molecule has 0 saturated heterocycles. The van der Waals surface area contributed by atoms with Gasteiger partial charge in [0.25, 0.3) is 5.91 Å². The number of oxazole rings is 1. The number of halogens is 1. The molecule has 0 radical (unpaired) electrons. The number of benzene rings is 4. The quantitative estimate of drug-likeness (QED) is 0.260. The number of nitrogens with one attached hydrogen (secondary N) is 1. The Hall–Kier alpha value is -4.10. The molecule has 0 atom stereocenters. The summed E-state index contributed by atoms with van der Waals surface area (Å²) in [6, 6.07) is 27.2. The number of ether oxygens (including phenoxy) is 1. The van der Waals surface area contributed by atoms with E-state index in [1.54, 1.807) is 48.5 Å². The Morgan fingerprint density at radius 1 is 0.971 bits per heavy atom. The van der Waals surface area contributed by atoms with Gasteiger partial charge in [0.15, 0.2) is 5.58 Å². The van der Waals surface area contributed by atoms with Crippen LogP contribution >= 0.6 is 15.9 Å². The molecule has 0 spiro atoms. The van der Waals surface area contributed by atoms with Crippen LogP contribution in [0.15, 0.2) is 99.9 Å². The first-order chi connectivity index (χ1) is 16.5. The predicted molar refractivity (Wildman–Crippen MR) is 134 cm³/mol. The van der Waals surface area contributed by atoms with Gasteiger partial charge in [0.1, 0.15) is 23.6 Å². The summed E-state index contributed by atoms with van der Waals surface area (Å²) >= 11 is 3.30. The number of para-hydroxylation sites is 1. The minimum Gasteiger partial charge on any atom is -0.507 e. The lowest BCUT2D eigenvalue weighted by atomic mass is 10.1. The van der Waals surface area contributed by atoms with E-state index in [4.69, 9.17) is 9.15 Å². The Kier molecular flexibility index (Phi) is 6.01. The monoisotopic (exact) mass is 514 g/mol. The molecule has 4 aromatic carbocycles. The summed E-state index contributed by atoms with van der Waals surface area (Å²) in [7, 11) is 0. The third-order valence-electron chi connectivity index (χ3n) is 5.20. The van der Waals surface area contributed by atoms with Gasteiger partial charge in [0.05, 0.1) is 4.47 Å². The Morgan fingerprint density at radius 3 is 2.53 bits per heavy atom. The standard InChI is InChI=1S/C27H19BrN2O4/c28-22-14-19(10-12-24(22)31)27-30-23-15-20(11-13-25(23)34-27)29-26(32)18-8-6-17(7-9-18)16-33-21-4-2-1-3-5-21/h1-15,31H,16H2,(H,29,32). The van der Waals surface area contributed by atoms with Crippen LogP contribution in [0.25, 0.3) is 22.6 Å². The number of hydrogen-bond donors (Lipinski definition) is 2. The summed E-state index contributed by atoms with van der Waals surface area (Å²) < 4.78 is 12.1. The molecule has 5 rings (SSSR count). The van der Waals surface area contributed by atoms with Gasteiger partial charge in [-0.05, 0) is 82.2 Å².